The van der Waals surface area contributed by atoms with Gasteiger partial charge in [-0.2, -0.15) is 0 Å². The highest BCUT2D eigenvalue weighted by Crippen LogP contribution is 2.14. The lowest BCUT2D eigenvalue weighted by molar-refractivity contribution is 0.417. The molecule has 0 aliphatic carbocycles. The van der Waals surface area contributed by atoms with E-state index in [1.807, 2.05) is 12.1 Å². The van der Waals surface area contributed by atoms with E-state index in [9.17, 15) is 0 Å². The Labute approximate surface area is 107 Å². The van der Waals surface area contributed by atoms with Gasteiger partial charge < -0.3 is 9.73 Å². The molecule has 0 bridgehead atoms. The number of rotatable bonds is 7. The van der Waals surface area contributed by atoms with Crippen molar-refractivity contribution in [1.82, 2.24) is 5.32 Å². The van der Waals surface area contributed by atoms with Crippen LogP contribution in [0, 0.1) is 5.92 Å². The first-order chi connectivity index (χ1) is 7.58. The largest absolute Gasteiger partial charge is 0.453 e. The highest BCUT2D eigenvalue weighted by Gasteiger charge is 2.04. The molecule has 3 heteroatoms. The molecule has 1 N–H and O–H groups in total. The minimum atomic E-state index is 0.558. The van der Waals surface area contributed by atoms with Crippen LogP contribution in [0.15, 0.2) is 21.2 Å². The monoisotopic (exact) mass is 287 g/mol. The van der Waals surface area contributed by atoms with Crippen LogP contribution in [0.25, 0.3) is 0 Å². The molecule has 0 fully saturated rings. The van der Waals surface area contributed by atoms with E-state index in [1.54, 1.807) is 0 Å². The summed E-state index contributed by atoms with van der Waals surface area (Å²) in [7, 11) is 0. The molecule has 0 radical (unpaired) electrons. The van der Waals surface area contributed by atoms with Crippen LogP contribution in [-0.2, 0) is 6.54 Å². The first-order valence-electron chi connectivity index (χ1n) is 6.05. The van der Waals surface area contributed by atoms with Crippen molar-refractivity contribution in [3.8, 4) is 0 Å². The minimum Gasteiger partial charge on any atom is -0.453 e. The Hall–Kier alpha value is -0.280. The van der Waals surface area contributed by atoms with Crippen molar-refractivity contribution < 1.29 is 4.42 Å². The number of hydrogen-bond donors (Lipinski definition) is 1. The zero-order valence-corrected chi connectivity index (χ0v) is 12.0. The first kappa shape index (κ1) is 13.8. The summed E-state index contributed by atoms with van der Waals surface area (Å²) in [4.78, 5) is 0. The fourth-order valence-electron chi connectivity index (χ4n) is 1.66. The van der Waals surface area contributed by atoms with Gasteiger partial charge in [-0.05, 0) is 47.3 Å². The van der Waals surface area contributed by atoms with Gasteiger partial charge in [-0.1, -0.05) is 26.7 Å². The molecule has 0 saturated heterocycles. The predicted octanol–water partition coefficient (Wildman–Crippen LogP) is 4.35. The quantitative estimate of drug-likeness (QED) is 0.807. The van der Waals surface area contributed by atoms with Gasteiger partial charge in [0.2, 0.25) is 0 Å². The number of furan rings is 1. The fourth-order valence-corrected chi connectivity index (χ4v) is 2.00. The van der Waals surface area contributed by atoms with Gasteiger partial charge in [0.25, 0.3) is 0 Å². The third-order valence-electron chi connectivity index (χ3n) is 2.67. The van der Waals surface area contributed by atoms with Crippen LogP contribution in [-0.4, -0.2) is 6.04 Å². The lowest BCUT2D eigenvalue weighted by Gasteiger charge is -2.13. The molecule has 92 valence electrons. The van der Waals surface area contributed by atoms with Crippen molar-refractivity contribution in [3.63, 3.8) is 0 Å². The van der Waals surface area contributed by atoms with Gasteiger partial charge in [0, 0.05) is 6.04 Å². The Balaban J connectivity index is 2.12. The molecule has 0 amide bonds. The molecule has 16 heavy (non-hydrogen) atoms. The van der Waals surface area contributed by atoms with E-state index in [0.717, 1.165) is 22.9 Å². The van der Waals surface area contributed by atoms with E-state index < -0.39 is 0 Å². The van der Waals surface area contributed by atoms with Crippen LogP contribution in [0.1, 0.15) is 45.8 Å². The Kier molecular flexibility index (Phi) is 6.14. The average molecular weight is 288 g/mol. The maximum atomic E-state index is 5.43. The fraction of sp³-hybridized carbons (Fsp3) is 0.692. The average Bonchev–Trinajstić information content (AvgIpc) is 2.61. The molecule has 1 atom stereocenters. The van der Waals surface area contributed by atoms with E-state index in [1.165, 1.54) is 19.3 Å². The smallest absolute Gasteiger partial charge is 0.169 e. The van der Waals surface area contributed by atoms with E-state index in [-0.39, 0.29) is 0 Å². The Bertz CT molecular complexity index is 296. The summed E-state index contributed by atoms with van der Waals surface area (Å²) in [6.45, 7) is 7.60. The molecule has 0 aliphatic heterocycles. The minimum absolute atomic E-state index is 0.558. The topological polar surface area (TPSA) is 25.2 Å². The number of halogens is 1. The standard InChI is InChI=1S/C13H22BrNO/c1-10(2)5-4-6-11(3)15-9-12-7-8-13(14)16-12/h7-8,10-11,15H,4-6,9H2,1-3H3. The third kappa shape index (κ3) is 5.71. The number of nitrogens with one attached hydrogen (secondary N) is 1. The Morgan fingerprint density at radius 2 is 2.00 bits per heavy atom. The predicted molar refractivity (Wildman–Crippen MR) is 71.4 cm³/mol. The van der Waals surface area contributed by atoms with Gasteiger partial charge in [-0.15, -0.1) is 0 Å². The summed E-state index contributed by atoms with van der Waals surface area (Å²) in [6.07, 6.45) is 3.85. The zero-order chi connectivity index (χ0) is 12.0. The van der Waals surface area contributed by atoms with Crippen LogP contribution >= 0.6 is 15.9 Å². The molecule has 0 saturated carbocycles. The second kappa shape index (κ2) is 7.13. The second-order valence-corrected chi connectivity index (χ2v) is 5.59. The first-order valence-corrected chi connectivity index (χ1v) is 6.85. The SMILES string of the molecule is CC(C)CCCC(C)NCc1ccc(Br)o1. The molecule has 0 spiro atoms. The van der Waals surface area contributed by atoms with Crippen LogP contribution in [0.5, 0.6) is 0 Å². The highest BCUT2D eigenvalue weighted by atomic mass is 79.9. The third-order valence-corrected chi connectivity index (χ3v) is 3.10. The Morgan fingerprint density at radius 1 is 1.25 bits per heavy atom. The second-order valence-electron chi connectivity index (χ2n) is 4.81. The van der Waals surface area contributed by atoms with Gasteiger partial charge in [0.15, 0.2) is 4.67 Å². The van der Waals surface area contributed by atoms with Crippen LogP contribution in [0.3, 0.4) is 0 Å². The number of hydrogen-bond acceptors (Lipinski definition) is 2. The highest BCUT2D eigenvalue weighted by molar-refractivity contribution is 9.10. The summed E-state index contributed by atoms with van der Waals surface area (Å²) >= 11 is 3.30. The molecule has 2 nitrogen and oxygen atoms in total. The normalized spacial score (nSPS) is 13.3. The maximum Gasteiger partial charge on any atom is 0.169 e. The van der Waals surface area contributed by atoms with Crippen LogP contribution < -0.4 is 5.32 Å². The van der Waals surface area contributed by atoms with Gasteiger partial charge in [0.05, 0.1) is 6.54 Å². The van der Waals surface area contributed by atoms with Gasteiger partial charge in [-0.3, -0.25) is 0 Å². The summed E-state index contributed by atoms with van der Waals surface area (Å²) in [5.74, 6) is 1.80. The van der Waals surface area contributed by atoms with Crippen molar-refractivity contribution in [2.75, 3.05) is 0 Å². The Morgan fingerprint density at radius 3 is 2.56 bits per heavy atom. The van der Waals surface area contributed by atoms with E-state index in [4.69, 9.17) is 4.42 Å². The molecule has 1 aromatic rings. The lowest BCUT2D eigenvalue weighted by atomic mass is 10.0. The van der Waals surface area contributed by atoms with E-state index in [0.29, 0.717) is 6.04 Å². The summed E-state index contributed by atoms with van der Waals surface area (Å²) in [6, 6.07) is 4.49. The van der Waals surface area contributed by atoms with Gasteiger partial charge in [-0.25, -0.2) is 0 Å². The molecule has 1 heterocycles. The molecular weight excluding hydrogens is 266 g/mol. The molecule has 1 rings (SSSR count). The van der Waals surface area contributed by atoms with Crippen molar-refractivity contribution in [2.24, 2.45) is 5.92 Å². The van der Waals surface area contributed by atoms with Crippen molar-refractivity contribution in [2.45, 2.75) is 52.6 Å². The van der Waals surface area contributed by atoms with Crippen LogP contribution in [0.2, 0.25) is 0 Å². The summed E-state index contributed by atoms with van der Waals surface area (Å²) in [5.41, 5.74) is 0. The molecule has 0 aliphatic rings. The summed E-state index contributed by atoms with van der Waals surface area (Å²) in [5, 5.41) is 3.47. The molecular formula is C13H22BrNO. The zero-order valence-electron chi connectivity index (χ0n) is 10.4. The molecule has 1 aromatic heterocycles. The van der Waals surface area contributed by atoms with Gasteiger partial charge >= 0.3 is 0 Å². The van der Waals surface area contributed by atoms with E-state index in [2.05, 4.69) is 42.0 Å². The van der Waals surface area contributed by atoms with Gasteiger partial charge in [0.1, 0.15) is 5.76 Å². The van der Waals surface area contributed by atoms with Crippen molar-refractivity contribution in [3.05, 3.63) is 22.6 Å². The van der Waals surface area contributed by atoms with Crippen LogP contribution in [0.4, 0.5) is 0 Å². The van der Waals surface area contributed by atoms with Crippen molar-refractivity contribution in [1.29, 1.82) is 0 Å². The molecule has 1 unspecified atom stereocenters. The lowest BCUT2D eigenvalue weighted by Crippen LogP contribution is -2.25. The van der Waals surface area contributed by atoms with E-state index >= 15 is 0 Å². The summed E-state index contributed by atoms with van der Waals surface area (Å²) < 4.78 is 6.23. The molecule has 0 aromatic carbocycles. The maximum absolute atomic E-state index is 5.43. The van der Waals surface area contributed by atoms with Crippen molar-refractivity contribution >= 4 is 15.9 Å².